The third kappa shape index (κ3) is 3.93. The molecular weight excluding hydrogens is 238 g/mol. The highest BCUT2D eigenvalue weighted by molar-refractivity contribution is 5.81. The molecule has 1 saturated heterocycles. The van der Waals surface area contributed by atoms with Crippen LogP contribution in [-0.4, -0.2) is 62.0 Å². The lowest BCUT2D eigenvalue weighted by atomic mass is 9.82. The van der Waals surface area contributed by atoms with Gasteiger partial charge in [0.2, 0.25) is 5.91 Å². The number of hydrogen-bond acceptors (Lipinski definition) is 3. The van der Waals surface area contributed by atoms with Crippen LogP contribution in [0.3, 0.4) is 0 Å². The summed E-state index contributed by atoms with van der Waals surface area (Å²) >= 11 is 0. The summed E-state index contributed by atoms with van der Waals surface area (Å²) < 4.78 is 0. The number of nitrogens with one attached hydrogen (secondary N) is 1. The van der Waals surface area contributed by atoms with E-state index < -0.39 is 0 Å². The summed E-state index contributed by atoms with van der Waals surface area (Å²) in [7, 11) is 3.72. The first-order valence-electron chi connectivity index (χ1n) is 7.74. The fourth-order valence-corrected chi connectivity index (χ4v) is 3.56. The predicted molar refractivity (Wildman–Crippen MR) is 78.0 cm³/mol. The molecule has 2 rings (SSSR count). The van der Waals surface area contributed by atoms with Gasteiger partial charge in [0.1, 0.15) is 6.04 Å². The smallest absolute Gasteiger partial charge is 0.240 e. The summed E-state index contributed by atoms with van der Waals surface area (Å²) in [4.78, 5) is 16.4. The van der Waals surface area contributed by atoms with Gasteiger partial charge >= 0.3 is 0 Å². The molecule has 1 aliphatic carbocycles. The number of rotatable bonds is 3. The molecule has 110 valence electrons. The van der Waals surface area contributed by atoms with Crippen LogP contribution in [0.2, 0.25) is 0 Å². The van der Waals surface area contributed by atoms with Gasteiger partial charge in [-0.25, -0.2) is 0 Å². The van der Waals surface area contributed by atoms with Crippen molar-refractivity contribution < 1.29 is 4.79 Å². The molecule has 0 bridgehead atoms. The molecule has 0 spiro atoms. The van der Waals surface area contributed by atoms with Crippen LogP contribution in [0.25, 0.3) is 0 Å². The van der Waals surface area contributed by atoms with Crippen molar-refractivity contribution in [1.29, 1.82) is 0 Å². The average Bonchev–Trinajstić information content (AvgIpc) is 2.38. The van der Waals surface area contributed by atoms with E-state index in [1.54, 1.807) is 4.90 Å². The Morgan fingerprint density at radius 2 is 2.16 bits per heavy atom. The highest BCUT2D eigenvalue weighted by Crippen LogP contribution is 2.29. The molecule has 1 N–H and O–H groups in total. The Hall–Kier alpha value is -0.610. The molecule has 4 heteroatoms. The van der Waals surface area contributed by atoms with Gasteiger partial charge in [-0.2, -0.15) is 0 Å². The Morgan fingerprint density at radius 1 is 1.37 bits per heavy atom. The van der Waals surface area contributed by atoms with E-state index in [1.807, 2.05) is 14.1 Å². The van der Waals surface area contributed by atoms with Gasteiger partial charge in [-0.05, 0) is 24.7 Å². The zero-order valence-electron chi connectivity index (χ0n) is 12.7. The average molecular weight is 267 g/mol. The number of carbonyl (C=O) groups excluding carboxylic acids is 1. The quantitative estimate of drug-likeness (QED) is 0.834. The van der Waals surface area contributed by atoms with Crippen LogP contribution in [0, 0.1) is 11.8 Å². The van der Waals surface area contributed by atoms with Gasteiger partial charge in [-0.3, -0.25) is 9.69 Å². The molecule has 0 aromatic heterocycles. The Kier molecular flexibility index (Phi) is 5.22. The van der Waals surface area contributed by atoms with Crippen molar-refractivity contribution in [3.8, 4) is 0 Å². The molecule has 19 heavy (non-hydrogen) atoms. The monoisotopic (exact) mass is 267 g/mol. The first-order chi connectivity index (χ1) is 9.08. The van der Waals surface area contributed by atoms with Crippen molar-refractivity contribution in [3.05, 3.63) is 0 Å². The van der Waals surface area contributed by atoms with Gasteiger partial charge in [0.05, 0.1) is 0 Å². The lowest BCUT2D eigenvalue weighted by molar-refractivity contribution is -0.135. The Morgan fingerprint density at radius 3 is 2.84 bits per heavy atom. The fourth-order valence-electron chi connectivity index (χ4n) is 3.56. The third-order valence-electron chi connectivity index (χ3n) is 4.62. The SMILES string of the molecule is CC1CCCC(CN2CCNCC2C(=O)N(C)C)C1. The summed E-state index contributed by atoms with van der Waals surface area (Å²) in [5, 5.41) is 3.36. The molecule has 0 radical (unpaired) electrons. The minimum atomic E-state index is 0.0426. The summed E-state index contributed by atoms with van der Waals surface area (Å²) in [5.41, 5.74) is 0. The van der Waals surface area contributed by atoms with Crippen molar-refractivity contribution in [3.63, 3.8) is 0 Å². The molecule has 0 aromatic rings. The zero-order valence-corrected chi connectivity index (χ0v) is 12.7. The molecule has 4 nitrogen and oxygen atoms in total. The van der Waals surface area contributed by atoms with Crippen LogP contribution in [0.5, 0.6) is 0 Å². The molecule has 0 aromatic carbocycles. The van der Waals surface area contributed by atoms with Crippen molar-refractivity contribution >= 4 is 5.91 Å². The Bertz CT molecular complexity index is 306. The number of hydrogen-bond donors (Lipinski definition) is 1. The van der Waals surface area contributed by atoms with E-state index in [0.29, 0.717) is 0 Å². The largest absolute Gasteiger partial charge is 0.347 e. The van der Waals surface area contributed by atoms with E-state index in [0.717, 1.165) is 38.0 Å². The highest BCUT2D eigenvalue weighted by Gasteiger charge is 2.32. The minimum absolute atomic E-state index is 0.0426. The summed E-state index contributed by atoms with van der Waals surface area (Å²) in [5.74, 6) is 1.90. The summed E-state index contributed by atoms with van der Waals surface area (Å²) in [6.45, 7) is 6.30. The maximum absolute atomic E-state index is 12.3. The van der Waals surface area contributed by atoms with Crippen LogP contribution in [0.15, 0.2) is 0 Å². The lowest BCUT2D eigenvalue weighted by Gasteiger charge is -2.39. The summed E-state index contributed by atoms with van der Waals surface area (Å²) in [6.07, 6.45) is 5.44. The number of piperazine rings is 1. The standard InChI is InChI=1S/C15H29N3O/c1-12-5-4-6-13(9-12)11-18-8-7-16-10-14(18)15(19)17(2)3/h12-14,16H,4-11H2,1-3H3. The van der Waals surface area contributed by atoms with E-state index >= 15 is 0 Å². The lowest BCUT2D eigenvalue weighted by Crippen LogP contribution is -2.58. The molecule has 3 atom stereocenters. The number of likely N-dealkylation sites (N-methyl/N-ethyl adjacent to an activating group) is 1. The zero-order chi connectivity index (χ0) is 13.8. The Balaban J connectivity index is 1.93. The van der Waals surface area contributed by atoms with Gasteiger partial charge in [-0.15, -0.1) is 0 Å². The maximum atomic E-state index is 12.3. The van der Waals surface area contributed by atoms with Crippen LogP contribution in [-0.2, 0) is 4.79 Å². The van der Waals surface area contributed by atoms with Crippen LogP contribution in [0.1, 0.15) is 32.6 Å². The van der Waals surface area contributed by atoms with Crippen molar-refractivity contribution in [1.82, 2.24) is 15.1 Å². The maximum Gasteiger partial charge on any atom is 0.240 e. The van der Waals surface area contributed by atoms with Gasteiger partial charge in [0, 0.05) is 40.3 Å². The molecular formula is C15H29N3O. The molecule has 1 heterocycles. The molecule has 2 aliphatic rings. The minimum Gasteiger partial charge on any atom is -0.347 e. The van der Waals surface area contributed by atoms with Crippen molar-refractivity contribution in [2.24, 2.45) is 11.8 Å². The molecule has 2 fully saturated rings. The molecule has 1 amide bonds. The number of nitrogens with zero attached hydrogens (tertiary/aromatic N) is 2. The Labute approximate surface area is 117 Å². The topological polar surface area (TPSA) is 35.6 Å². The predicted octanol–water partition coefficient (Wildman–Crippen LogP) is 1.17. The van der Waals surface area contributed by atoms with E-state index in [4.69, 9.17) is 0 Å². The van der Waals surface area contributed by atoms with Crippen LogP contribution in [0.4, 0.5) is 0 Å². The number of carbonyl (C=O) groups is 1. The fraction of sp³-hybridized carbons (Fsp3) is 0.933. The van der Waals surface area contributed by atoms with Crippen LogP contribution < -0.4 is 5.32 Å². The van der Waals surface area contributed by atoms with Crippen molar-refractivity contribution in [2.45, 2.75) is 38.6 Å². The second-order valence-electron chi connectivity index (χ2n) is 6.59. The van der Waals surface area contributed by atoms with E-state index in [2.05, 4.69) is 17.1 Å². The normalized spacial score (nSPS) is 33.1. The van der Waals surface area contributed by atoms with Gasteiger partial charge in [0.25, 0.3) is 0 Å². The molecule has 1 aliphatic heterocycles. The molecule has 3 unspecified atom stereocenters. The highest BCUT2D eigenvalue weighted by atomic mass is 16.2. The summed E-state index contributed by atoms with van der Waals surface area (Å²) in [6, 6.07) is 0.0426. The van der Waals surface area contributed by atoms with E-state index in [9.17, 15) is 4.79 Å². The second-order valence-corrected chi connectivity index (χ2v) is 6.59. The van der Waals surface area contributed by atoms with Crippen molar-refractivity contribution in [2.75, 3.05) is 40.3 Å². The van der Waals surface area contributed by atoms with E-state index in [1.165, 1.54) is 25.7 Å². The number of amides is 1. The van der Waals surface area contributed by atoms with Gasteiger partial charge in [-0.1, -0.05) is 19.8 Å². The third-order valence-corrected chi connectivity index (χ3v) is 4.62. The first-order valence-corrected chi connectivity index (χ1v) is 7.74. The molecule has 1 saturated carbocycles. The van der Waals surface area contributed by atoms with Gasteiger partial charge in [0.15, 0.2) is 0 Å². The first kappa shape index (κ1) is 14.8. The van der Waals surface area contributed by atoms with Crippen LogP contribution >= 0.6 is 0 Å². The second kappa shape index (κ2) is 6.71. The van der Waals surface area contributed by atoms with Gasteiger partial charge < -0.3 is 10.2 Å². The van der Waals surface area contributed by atoms with E-state index in [-0.39, 0.29) is 11.9 Å².